The Morgan fingerprint density at radius 1 is 1.28 bits per heavy atom. The van der Waals surface area contributed by atoms with Crippen LogP contribution in [0.15, 0.2) is 0 Å². The maximum absolute atomic E-state index is 11.9. The normalized spacial score (nSPS) is 20.8. The van der Waals surface area contributed by atoms with Gasteiger partial charge in [0.05, 0.1) is 12.4 Å². The van der Waals surface area contributed by atoms with Gasteiger partial charge in [0.2, 0.25) is 10.0 Å². The molecule has 106 valence electrons. The molecule has 0 unspecified atom stereocenters. The molecule has 9 heteroatoms. The van der Waals surface area contributed by atoms with Crippen molar-refractivity contribution < 1.29 is 23.4 Å². The molecular formula is C9H19N3O5S. The smallest absolute Gasteiger partial charge is 0.321 e. The fourth-order valence-electron chi connectivity index (χ4n) is 1.78. The Labute approximate surface area is 106 Å². The SMILES string of the molecule is N[C@@H](CS(=O)(=O)N1CCN(CCO)CC1)C(=O)O. The second-order valence-corrected chi connectivity index (χ2v) is 6.20. The number of carboxylic acid groups (broad SMARTS) is 1. The number of nitrogens with two attached hydrogens (primary N) is 1. The van der Waals surface area contributed by atoms with Crippen molar-refractivity contribution in [1.82, 2.24) is 9.21 Å². The number of aliphatic hydroxyl groups is 1. The molecule has 0 bridgehead atoms. The number of rotatable bonds is 6. The molecule has 0 amide bonds. The van der Waals surface area contributed by atoms with E-state index in [1.165, 1.54) is 4.31 Å². The third-order valence-corrected chi connectivity index (χ3v) is 4.78. The van der Waals surface area contributed by atoms with E-state index in [0.29, 0.717) is 32.7 Å². The fourth-order valence-corrected chi connectivity index (χ4v) is 3.30. The van der Waals surface area contributed by atoms with E-state index in [1.54, 1.807) is 0 Å². The van der Waals surface area contributed by atoms with E-state index < -0.39 is 27.8 Å². The summed E-state index contributed by atoms with van der Waals surface area (Å²) >= 11 is 0. The van der Waals surface area contributed by atoms with Gasteiger partial charge in [0.25, 0.3) is 0 Å². The second kappa shape index (κ2) is 6.43. The van der Waals surface area contributed by atoms with Gasteiger partial charge in [-0.05, 0) is 0 Å². The number of piperazine rings is 1. The molecule has 0 aromatic rings. The van der Waals surface area contributed by atoms with Gasteiger partial charge in [0.15, 0.2) is 0 Å². The summed E-state index contributed by atoms with van der Waals surface area (Å²) in [5.41, 5.74) is 5.24. The van der Waals surface area contributed by atoms with Gasteiger partial charge in [-0.1, -0.05) is 0 Å². The van der Waals surface area contributed by atoms with Gasteiger partial charge in [-0.15, -0.1) is 0 Å². The molecule has 18 heavy (non-hydrogen) atoms. The number of sulfonamides is 1. The standard InChI is InChI=1S/C9H19N3O5S/c10-8(9(14)15)7-18(16,17)12-3-1-11(2-4-12)5-6-13/h8,13H,1-7,10H2,(H,14,15)/t8-/m0/s1. The maximum Gasteiger partial charge on any atom is 0.321 e. The summed E-state index contributed by atoms with van der Waals surface area (Å²) < 4.78 is 25.0. The van der Waals surface area contributed by atoms with Crippen molar-refractivity contribution in [2.75, 3.05) is 45.1 Å². The average Bonchev–Trinajstić information content (AvgIpc) is 2.29. The molecule has 1 atom stereocenters. The quantitative estimate of drug-likeness (QED) is 0.485. The number of β-amino-alcohol motifs (C(OH)–C–C–N with tert-alkyl or cyclic N) is 1. The van der Waals surface area contributed by atoms with Crippen molar-refractivity contribution in [3.05, 3.63) is 0 Å². The van der Waals surface area contributed by atoms with Crippen LogP contribution in [-0.4, -0.2) is 84.9 Å². The fraction of sp³-hybridized carbons (Fsp3) is 0.889. The first-order valence-electron chi connectivity index (χ1n) is 5.66. The van der Waals surface area contributed by atoms with Gasteiger partial charge in [0.1, 0.15) is 6.04 Å². The maximum atomic E-state index is 11.9. The van der Waals surface area contributed by atoms with E-state index in [4.69, 9.17) is 15.9 Å². The Hall–Kier alpha value is -0.740. The summed E-state index contributed by atoms with van der Waals surface area (Å²) in [6.07, 6.45) is 0. The van der Waals surface area contributed by atoms with Crippen molar-refractivity contribution in [1.29, 1.82) is 0 Å². The topological polar surface area (TPSA) is 124 Å². The average molecular weight is 281 g/mol. The molecule has 1 saturated heterocycles. The van der Waals surface area contributed by atoms with E-state index >= 15 is 0 Å². The zero-order valence-corrected chi connectivity index (χ0v) is 10.8. The molecule has 1 heterocycles. The van der Waals surface area contributed by atoms with Gasteiger partial charge >= 0.3 is 5.97 Å². The highest BCUT2D eigenvalue weighted by atomic mass is 32.2. The molecule has 0 spiro atoms. The van der Waals surface area contributed by atoms with Gasteiger partial charge in [0, 0.05) is 32.7 Å². The molecule has 1 fully saturated rings. The Morgan fingerprint density at radius 2 is 1.83 bits per heavy atom. The molecular weight excluding hydrogens is 262 g/mol. The van der Waals surface area contributed by atoms with Crippen molar-refractivity contribution in [3.63, 3.8) is 0 Å². The molecule has 0 saturated carbocycles. The number of hydrogen-bond donors (Lipinski definition) is 3. The lowest BCUT2D eigenvalue weighted by molar-refractivity contribution is -0.138. The highest BCUT2D eigenvalue weighted by molar-refractivity contribution is 7.89. The summed E-state index contributed by atoms with van der Waals surface area (Å²) in [4.78, 5) is 12.5. The summed E-state index contributed by atoms with van der Waals surface area (Å²) in [7, 11) is -3.63. The van der Waals surface area contributed by atoms with Crippen LogP contribution < -0.4 is 5.73 Å². The minimum absolute atomic E-state index is 0.0383. The van der Waals surface area contributed by atoms with Gasteiger partial charge in [-0.25, -0.2) is 8.42 Å². The molecule has 8 nitrogen and oxygen atoms in total. The first-order valence-corrected chi connectivity index (χ1v) is 7.27. The van der Waals surface area contributed by atoms with Crippen LogP contribution in [0.2, 0.25) is 0 Å². The van der Waals surface area contributed by atoms with E-state index in [1.807, 2.05) is 4.90 Å². The Balaban J connectivity index is 2.53. The van der Waals surface area contributed by atoms with Crippen LogP contribution in [0.3, 0.4) is 0 Å². The number of carboxylic acids is 1. The highest BCUT2D eigenvalue weighted by Crippen LogP contribution is 2.08. The zero-order chi connectivity index (χ0) is 13.8. The minimum Gasteiger partial charge on any atom is -0.480 e. The predicted molar refractivity (Wildman–Crippen MR) is 64.5 cm³/mol. The van der Waals surface area contributed by atoms with Crippen LogP contribution >= 0.6 is 0 Å². The summed E-state index contributed by atoms with van der Waals surface area (Å²) in [5, 5.41) is 17.4. The van der Waals surface area contributed by atoms with E-state index in [9.17, 15) is 13.2 Å². The lowest BCUT2D eigenvalue weighted by Crippen LogP contribution is -2.52. The van der Waals surface area contributed by atoms with Crippen LogP contribution in [0.25, 0.3) is 0 Å². The Morgan fingerprint density at radius 3 is 2.28 bits per heavy atom. The number of nitrogens with zero attached hydrogens (tertiary/aromatic N) is 2. The number of aliphatic carboxylic acids is 1. The molecule has 1 aliphatic heterocycles. The van der Waals surface area contributed by atoms with E-state index in [2.05, 4.69) is 0 Å². The third kappa shape index (κ3) is 4.18. The van der Waals surface area contributed by atoms with Crippen LogP contribution in [-0.2, 0) is 14.8 Å². The van der Waals surface area contributed by atoms with E-state index in [0.717, 1.165) is 0 Å². The number of hydrogen-bond acceptors (Lipinski definition) is 6. The minimum atomic E-state index is -3.63. The number of aliphatic hydroxyl groups excluding tert-OH is 1. The van der Waals surface area contributed by atoms with Gasteiger partial charge in [-0.3, -0.25) is 9.69 Å². The molecule has 4 N–H and O–H groups in total. The predicted octanol–water partition coefficient (Wildman–Crippen LogP) is -2.66. The molecule has 0 radical (unpaired) electrons. The Kier molecular flexibility index (Phi) is 5.47. The van der Waals surface area contributed by atoms with Gasteiger partial charge in [-0.2, -0.15) is 4.31 Å². The molecule has 1 rings (SSSR count). The monoisotopic (exact) mass is 281 g/mol. The molecule has 0 aromatic carbocycles. The van der Waals surface area contributed by atoms with Gasteiger partial charge < -0.3 is 15.9 Å². The first kappa shape index (κ1) is 15.3. The second-order valence-electron chi connectivity index (χ2n) is 4.19. The number of carbonyl (C=O) groups is 1. The lowest BCUT2D eigenvalue weighted by atomic mass is 10.4. The van der Waals surface area contributed by atoms with E-state index in [-0.39, 0.29) is 6.61 Å². The lowest BCUT2D eigenvalue weighted by Gasteiger charge is -2.33. The zero-order valence-electron chi connectivity index (χ0n) is 10.0. The van der Waals surface area contributed by atoms with Crippen LogP contribution in [0.1, 0.15) is 0 Å². The van der Waals surface area contributed by atoms with Crippen molar-refractivity contribution >= 4 is 16.0 Å². The summed E-state index contributed by atoms with van der Waals surface area (Å²) in [5.74, 6) is -1.90. The van der Waals surface area contributed by atoms with Crippen molar-refractivity contribution in [3.8, 4) is 0 Å². The molecule has 1 aliphatic rings. The summed E-state index contributed by atoms with van der Waals surface area (Å²) in [6.45, 7) is 2.21. The van der Waals surface area contributed by atoms with Crippen LogP contribution in [0.4, 0.5) is 0 Å². The largest absolute Gasteiger partial charge is 0.480 e. The highest BCUT2D eigenvalue weighted by Gasteiger charge is 2.30. The Bertz CT molecular complexity index is 378. The van der Waals surface area contributed by atoms with Crippen LogP contribution in [0, 0.1) is 0 Å². The van der Waals surface area contributed by atoms with Crippen molar-refractivity contribution in [2.45, 2.75) is 6.04 Å². The third-order valence-electron chi connectivity index (χ3n) is 2.85. The molecule has 0 aromatic heterocycles. The van der Waals surface area contributed by atoms with Crippen molar-refractivity contribution in [2.24, 2.45) is 5.73 Å². The summed E-state index contributed by atoms with van der Waals surface area (Å²) in [6, 6.07) is -1.40. The van der Waals surface area contributed by atoms with Crippen LogP contribution in [0.5, 0.6) is 0 Å². The first-order chi connectivity index (χ1) is 8.36. The molecule has 0 aliphatic carbocycles.